The topological polar surface area (TPSA) is 58.3 Å². The van der Waals surface area contributed by atoms with Crippen molar-refractivity contribution in [3.63, 3.8) is 0 Å². The summed E-state index contributed by atoms with van der Waals surface area (Å²) in [5.41, 5.74) is 6.52. The van der Waals surface area contributed by atoms with Crippen LogP contribution in [0.15, 0.2) is 0 Å². The van der Waals surface area contributed by atoms with Gasteiger partial charge in [-0.25, -0.2) is 5.48 Å². The predicted molar refractivity (Wildman–Crippen MR) is 30.2 cm³/mol. The first-order valence-electron chi connectivity index (χ1n) is 2.36. The maximum absolute atomic E-state index is 7.82. The summed E-state index contributed by atoms with van der Waals surface area (Å²) in [6.45, 7) is 2.68. The number of hydrogen-bond acceptors (Lipinski definition) is 3. The Morgan fingerprint density at radius 1 is 1.57 bits per heavy atom. The summed E-state index contributed by atoms with van der Waals surface area (Å²) in [5, 5.41) is 7.82. The van der Waals surface area contributed by atoms with Crippen LogP contribution in [0, 0.1) is 0 Å². The Morgan fingerprint density at radius 2 is 2.00 bits per heavy atom. The molecule has 0 aliphatic rings. The first-order valence-corrected chi connectivity index (χ1v) is 2.36. The van der Waals surface area contributed by atoms with Crippen molar-refractivity contribution in [2.24, 2.45) is 5.73 Å². The van der Waals surface area contributed by atoms with Gasteiger partial charge >= 0.3 is 0 Å². The minimum Gasteiger partial charge on any atom is -0.333 e. The van der Waals surface area contributed by atoms with Crippen molar-refractivity contribution >= 4 is 0 Å². The van der Waals surface area contributed by atoms with Crippen molar-refractivity contribution in [3.8, 4) is 0 Å². The normalized spacial score (nSPS) is 6.86. The second-order valence-corrected chi connectivity index (χ2v) is 0.908. The molecule has 3 heteroatoms. The zero-order valence-electron chi connectivity index (χ0n) is 4.94. The molecule has 0 aromatic heterocycles. The van der Waals surface area contributed by atoms with E-state index in [4.69, 9.17) is 5.21 Å². The molecule has 0 unspecified atom stereocenters. The Morgan fingerprint density at radius 3 is 2.00 bits per heavy atom. The van der Waals surface area contributed by atoms with Gasteiger partial charge < -0.3 is 10.9 Å². The van der Waals surface area contributed by atoms with Gasteiger partial charge in [-0.05, 0) is 13.5 Å². The first kappa shape index (κ1) is 9.99. The summed E-state index contributed by atoms with van der Waals surface area (Å²) in [4.78, 5) is 0. The van der Waals surface area contributed by atoms with E-state index < -0.39 is 0 Å². The zero-order valence-corrected chi connectivity index (χ0v) is 4.94. The zero-order chi connectivity index (χ0) is 6.12. The Balaban J connectivity index is 0. The lowest BCUT2D eigenvalue weighted by Gasteiger charge is -1.83. The Hall–Kier alpha value is -0.120. The Bertz CT molecular complexity index is 17.2. The standard InChI is InChI=1S/C3H9NO.CH5N/c1-2-3-4-5;1-2/h4-5H,2-3H2,1H3;2H2,1H3. The van der Waals surface area contributed by atoms with Gasteiger partial charge in [0.15, 0.2) is 0 Å². The van der Waals surface area contributed by atoms with Crippen molar-refractivity contribution in [2.45, 2.75) is 13.3 Å². The van der Waals surface area contributed by atoms with E-state index in [0.29, 0.717) is 6.54 Å². The van der Waals surface area contributed by atoms with Crippen molar-refractivity contribution in [2.75, 3.05) is 13.6 Å². The maximum Gasteiger partial charge on any atom is 0.0204 e. The van der Waals surface area contributed by atoms with Crippen LogP contribution >= 0.6 is 0 Å². The van der Waals surface area contributed by atoms with Gasteiger partial charge in [0.25, 0.3) is 0 Å². The van der Waals surface area contributed by atoms with Gasteiger partial charge in [0.05, 0.1) is 0 Å². The molecule has 0 aromatic rings. The summed E-state index contributed by atoms with van der Waals surface area (Å²) in [7, 11) is 1.50. The molecule has 0 spiro atoms. The van der Waals surface area contributed by atoms with Gasteiger partial charge in [0, 0.05) is 6.54 Å². The van der Waals surface area contributed by atoms with Gasteiger partial charge in [-0.3, -0.25) is 0 Å². The van der Waals surface area contributed by atoms with Gasteiger partial charge in [-0.15, -0.1) is 0 Å². The SMILES string of the molecule is CCCNO.CN. The lowest BCUT2D eigenvalue weighted by atomic mass is 10.5. The molecule has 46 valence electrons. The fraction of sp³-hybridized carbons (Fsp3) is 1.00. The molecule has 0 saturated heterocycles. The quantitative estimate of drug-likeness (QED) is 0.432. The minimum absolute atomic E-state index is 0.694. The van der Waals surface area contributed by atoms with Crippen LogP contribution in [0.25, 0.3) is 0 Å². The fourth-order valence-electron chi connectivity index (χ4n) is 0.112. The molecule has 0 aliphatic heterocycles. The van der Waals surface area contributed by atoms with Crippen LogP contribution in [-0.4, -0.2) is 18.8 Å². The smallest absolute Gasteiger partial charge is 0.0204 e. The highest BCUT2D eigenvalue weighted by molar-refractivity contribution is 4.22. The van der Waals surface area contributed by atoms with Crippen molar-refractivity contribution < 1.29 is 5.21 Å². The first-order chi connectivity index (χ1) is 3.41. The molecule has 0 aliphatic carbocycles. The Kier molecular flexibility index (Phi) is 24.1. The number of hydroxylamine groups is 1. The molecule has 0 heterocycles. The van der Waals surface area contributed by atoms with Crippen molar-refractivity contribution in [1.82, 2.24) is 5.48 Å². The second kappa shape index (κ2) is 16.9. The van der Waals surface area contributed by atoms with E-state index in [2.05, 4.69) is 5.73 Å². The molecule has 0 aromatic carbocycles. The van der Waals surface area contributed by atoms with E-state index in [1.807, 2.05) is 12.4 Å². The molecular formula is C4H14N2O. The third kappa shape index (κ3) is 25.0. The Labute approximate surface area is 44.5 Å². The third-order valence-corrected chi connectivity index (χ3v) is 0.362. The maximum atomic E-state index is 7.82. The highest BCUT2D eigenvalue weighted by Crippen LogP contribution is 1.62. The summed E-state index contributed by atoms with van der Waals surface area (Å²) in [6, 6.07) is 0. The van der Waals surface area contributed by atoms with Crippen LogP contribution < -0.4 is 11.2 Å². The van der Waals surface area contributed by atoms with Crippen LogP contribution in [0.1, 0.15) is 13.3 Å². The molecule has 0 amide bonds. The number of nitrogens with one attached hydrogen (secondary N) is 1. The van der Waals surface area contributed by atoms with Crippen LogP contribution in [-0.2, 0) is 0 Å². The lowest BCUT2D eigenvalue weighted by Crippen LogP contribution is -2.06. The van der Waals surface area contributed by atoms with Gasteiger partial charge in [0.2, 0.25) is 0 Å². The van der Waals surface area contributed by atoms with Gasteiger partial charge in [-0.1, -0.05) is 6.92 Å². The molecule has 0 fully saturated rings. The van der Waals surface area contributed by atoms with E-state index in [9.17, 15) is 0 Å². The van der Waals surface area contributed by atoms with E-state index in [0.717, 1.165) is 6.42 Å². The van der Waals surface area contributed by atoms with Crippen molar-refractivity contribution in [1.29, 1.82) is 0 Å². The molecule has 0 saturated carbocycles. The predicted octanol–water partition coefficient (Wildman–Crippen LogP) is -0.0499. The molecule has 0 radical (unpaired) electrons. The van der Waals surface area contributed by atoms with Crippen LogP contribution in [0.2, 0.25) is 0 Å². The average Bonchev–Trinajstić information content (AvgIpc) is 1.75. The average molecular weight is 106 g/mol. The van der Waals surface area contributed by atoms with E-state index in [-0.39, 0.29) is 0 Å². The van der Waals surface area contributed by atoms with Gasteiger partial charge in [-0.2, -0.15) is 0 Å². The molecule has 3 nitrogen and oxygen atoms in total. The van der Waals surface area contributed by atoms with Crippen LogP contribution in [0.5, 0.6) is 0 Å². The molecule has 7 heavy (non-hydrogen) atoms. The van der Waals surface area contributed by atoms with Gasteiger partial charge in [0.1, 0.15) is 0 Å². The molecule has 0 rings (SSSR count). The molecule has 0 atom stereocenters. The fourth-order valence-corrected chi connectivity index (χ4v) is 0.112. The second-order valence-electron chi connectivity index (χ2n) is 0.908. The van der Waals surface area contributed by atoms with Crippen LogP contribution in [0.3, 0.4) is 0 Å². The van der Waals surface area contributed by atoms with E-state index >= 15 is 0 Å². The number of rotatable bonds is 2. The molecular weight excluding hydrogens is 92.1 g/mol. The highest BCUT2D eigenvalue weighted by atomic mass is 16.5. The summed E-state index contributed by atoms with van der Waals surface area (Å²) < 4.78 is 0. The van der Waals surface area contributed by atoms with Crippen LogP contribution in [0.4, 0.5) is 0 Å². The summed E-state index contributed by atoms with van der Waals surface area (Å²) in [6.07, 6.45) is 0.983. The summed E-state index contributed by atoms with van der Waals surface area (Å²) in [5.74, 6) is 0. The minimum atomic E-state index is 0.694. The highest BCUT2D eigenvalue weighted by Gasteiger charge is 1.66. The number of hydrogen-bond donors (Lipinski definition) is 3. The van der Waals surface area contributed by atoms with E-state index in [1.165, 1.54) is 7.05 Å². The monoisotopic (exact) mass is 106 g/mol. The largest absolute Gasteiger partial charge is 0.333 e. The van der Waals surface area contributed by atoms with E-state index in [1.54, 1.807) is 0 Å². The van der Waals surface area contributed by atoms with Crippen molar-refractivity contribution in [3.05, 3.63) is 0 Å². The molecule has 0 bridgehead atoms. The third-order valence-electron chi connectivity index (χ3n) is 0.362. The lowest BCUT2D eigenvalue weighted by molar-refractivity contribution is 0.167. The molecule has 4 N–H and O–H groups in total. The summed E-state index contributed by atoms with van der Waals surface area (Å²) >= 11 is 0. The number of nitrogens with two attached hydrogens (primary N) is 1.